The number of para-hydroxylation sites is 1. The fraction of sp³-hybridized carbons (Fsp3) is 0.0909. The summed E-state index contributed by atoms with van der Waals surface area (Å²) in [6.07, 6.45) is 0. The molecule has 0 bridgehead atoms. The van der Waals surface area contributed by atoms with Crippen molar-refractivity contribution in [3.05, 3.63) is 81.6 Å². The van der Waals surface area contributed by atoms with E-state index in [1.54, 1.807) is 30.1 Å². The molecule has 0 unspecified atom stereocenters. The summed E-state index contributed by atoms with van der Waals surface area (Å²) in [5, 5.41) is 2.21. The molecular formula is C22H17ClN2O3S. The van der Waals surface area contributed by atoms with Gasteiger partial charge in [0.25, 0.3) is 11.8 Å². The number of ether oxygens (including phenoxy) is 1. The van der Waals surface area contributed by atoms with Crippen LogP contribution in [0.5, 0.6) is 5.75 Å². The van der Waals surface area contributed by atoms with Crippen molar-refractivity contribution < 1.29 is 14.3 Å². The minimum atomic E-state index is -0.397. The number of hydrogen-bond donors (Lipinski definition) is 0. The summed E-state index contributed by atoms with van der Waals surface area (Å²) in [5.41, 5.74) is 1.92. The summed E-state index contributed by atoms with van der Waals surface area (Å²) in [5.74, 6) is -0.301. The molecule has 0 saturated carbocycles. The maximum Gasteiger partial charge on any atom is 0.282 e. The van der Waals surface area contributed by atoms with Crippen molar-refractivity contribution in [3.8, 4) is 5.75 Å². The summed E-state index contributed by atoms with van der Waals surface area (Å²) >= 11 is 7.66. The third kappa shape index (κ3) is 3.30. The smallest absolute Gasteiger partial charge is 0.282 e. The molecule has 2 heterocycles. The quantitative estimate of drug-likeness (QED) is 0.550. The number of amides is 2. The van der Waals surface area contributed by atoms with Gasteiger partial charge in [0.15, 0.2) is 0 Å². The first kappa shape index (κ1) is 19.2. The molecule has 2 amide bonds. The highest BCUT2D eigenvalue weighted by Gasteiger charge is 2.42. The summed E-state index contributed by atoms with van der Waals surface area (Å²) in [7, 11) is 3.30. The SMILES string of the molecule is COc1ccc(N2C(=O)C(c3cccs3)=C(N(C)c3ccccc3)C2=O)cc1Cl. The number of hydrogen-bond acceptors (Lipinski definition) is 5. The molecule has 0 spiro atoms. The zero-order valence-corrected chi connectivity index (χ0v) is 17.3. The van der Waals surface area contributed by atoms with E-state index in [1.807, 2.05) is 47.8 Å². The lowest BCUT2D eigenvalue weighted by atomic mass is 10.1. The highest BCUT2D eigenvalue weighted by molar-refractivity contribution is 7.11. The summed E-state index contributed by atoms with van der Waals surface area (Å²) in [6, 6.07) is 18.0. The molecule has 4 rings (SSSR count). The van der Waals surface area contributed by atoms with E-state index >= 15 is 0 Å². The minimum absolute atomic E-state index is 0.327. The van der Waals surface area contributed by atoms with Gasteiger partial charge in [0.05, 0.1) is 23.4 Å². The second kappa shape index (κ2) is 7.73. The molecule has 7 heteroatoms. The van der Waals surface area contributed by atoms with Crippen LogP contribution in [0.3, 0.4) is 0 Å². The third-order valence-electron chi connectivity index (χ3n) is 4.70. The highest BCUT2D eigenvalue weighted by Crippen LogP contribution is 2.39. The molecule has 0 aliphatic carbocycles. The van der Waals surface area contributed by atoms with Crippen molar-refractivity contribution in [2.45, 2.75) is 0 Å². The summed E-state index contributed by atoms with van der Waals surface area (Å²) in [4.78, 5) is 30.5. The van der Waals surface area contributed by atoms with Crippen LogP contribution >= 0.6 is 22.9 Å². The van der Waals surface area contributed by atoms with Crippen molar-refractivity contribution in [2.24, 2.45) is 0 Å². The predicted octanol–water partition coefficient (Wildman–Crippen LogP) is 4.83. The Hall–Kier alpha value is -3.09. The molecule has 146 valence electrons. The fourth-order valence-electron chi connectivity index (χ4n) is 3.28. The lowest BCUT2D eigenvalue weighted by Gasteiger charge is -2.21. The largest absolute Gasteiger partial charge is 0.495 e. The molecule has 1 aliphatic rings. The highest BCUT2D eigenvalue weighted by atomic mass is 35.5. The summed E-state index contributed by atoms with van der Waals surface area (Å²) in [6.45, 7) is 0. The number of anilines is 2. The van der Waals surface area contributed by atoms with Crippen LogP contribution in [-0.2, 0) is 9.59 Å². The Balaban J connectivity index is 1.83. The van der Waals surface area contributed by atoms with E-state index in [2.05, 4.69) is 0 Å². The van der Waals surface area contributed by atoms with Crippen LogP contribution in [0.25, 0.3) is 5.57 Å². The lowest BCUT2D eigenvalue weighted by molar-refractivity contribution is -0.120. The topological polar surface area (TPSA) is 49.9 Å². The maximum absolute atomic E-state index is 13.4. The van der Waals surface area contributed by atoms with Gasteiger partial charge in [-0.3, -0.25) is 9.59 Å². The molecule has 0 radical (unpaired) electrons. The van der Waals surface area contributed by atoms with E-state index in [0.717, 1.165) is 15.5 Å². The van der Waals surface area contributed by atoms with Crippen LogP contribution in [0.15, 0.2) is 71.7 Å². The maximum atomic E-state index is 13.4. The van der Waals surface area contributed by atoms with E-state index in [0.29, 0.717) is 27.7 Å². The number of nitrogens with zero attached hydrogens (tertiary/aromatic N) is 2. The van der Waals surface area contributed by atoms with Gasteiger partial charge in [0.1, 0.15) is 11.4 Å². The molecule has 5 nitrogen and oxygen atoms in total. The number of methoxy groups -OCH3 is 1. The van der Waals surface area contributed by atoms with Gasteiger partial charge in [-0.25, -0.2) is 4.90 Å². The molecule has 0 N–H and O–H groups in total. The van der Waals surface area contributed by atoms with Gasteiger partial charge >= 0.3 is 0 Å². The van der Waals surface area contributed by atoms with Crippen LogP contribution in [0.2, 0.25) is 5.02 Å². The first-order valence-corrected chi connectivity index (χ1v) is 10.1. The molecule has 0 saturated heterocycles. The molecule has 3 aromatic rings. The van der Waals surface area contributed by atoms with Crippen LogP contribution in [-0.4, -0.2) is 26.0 Å². The Morgan fingerprint density at radius 2 is 1.76 bits per heavy atom. The van der Waals surface area contributed by atoms with Crippen molar-refractivity contribution in [1.29, 1.82) is 0 Å². The van der Waals surface area contributed by atoms with Crippen molar-refractivity contribution in [3.63, 3.8) is 0 Å². The third-order valence-corrected chi connectivity index (χ3v) is 5.88. The second-order valence-corrected chi connectivity index (χ2v) is 7.71. The van der Waals surface area contributed by atoms with Gasteiger partial charge in [0.2, 0.25) is 0 Å². The molecule has 1 aromatic heterocycles. The first-order valence-electron chi connectivity index (χ1n) is 8.82. The van der Waals surface area contributed by atoms with Crippen LogP contribution < -0.4 is 14.5 Å². The number of likely N-dealkylation sites (N-methyl/N-ethyl adjacent to an activating group) is 1. The van der Waals surface area contributed by atoms with Crippen molar-refractivity contribution in [2.75, 3.05) is 24.0 Å². The van der Waals surface area contributed by atoms with Crippen LogP contribution in [0, 0.1) is 0 Å². The lowest BCUT2D eigenvalue weighted by Crippen LogP contribution is -2.34. The zero-order chi connectivity index (χ0) is 20.5. The van der Waals surface area contributed by atoms with E-state index in [-0.39, 0.29) is 5.91 Å². The van der Waals surface area contributed by atoms with E-state index < -0.39 is 5.91 Å². The molecule has 2 aromatic carbocycles. The number of carbonyl (C=O) groups is 2. The number of halogens is 1. The number of thiophene rings is 1. The number of imide groups is 1. The molecule has 0 fully saturated rings. The van der Waals surface area contributed by atoms with E-state index in [1.165, 1.54) is 18.4 Å². The van der Waals surface area contributed by atoms with Crippen LogP contribution in [0.1, 0.15) is 4.88 Å². The van der Waals surface area contributed by atoms with Gasteiger partial charge in [-0.15, -0.1) is 11.3 Å². The molecular weight excluding hydrogens is 408 g/mol. The molecule has 1 aliphatic heterocycles. The van der Waals surface area contributed by atoms with Gasteiger partial charge < -0.3 is 9.64 Å². The van der Waals surface area contributed by atoms with E-state index in [9.17, 15) is 9.59 Å². The Morgan fingerprint density at radius 3 is 2.38 bits per heavy atom. The predicted molar refractivity (Wildman–Crippen MR) is 117 cm³/mol. The summed E-state index contributed by atoms with van der Waals surface area (Å²) < 4.78 is 5.18. The van der Waals surface area contributed by atoms with Crippen LogP contribution in [0.4, 0.5) is 11.4 Å². The Bertz CT molecular complexity index is 1110. The number of benzene rings is 2. The zero-order valence-electron chi connectivity index (χ0n) is 15.8. The standard InChI is InChI=1S/C22H17ClN2O3S/c1-24(14-7-4-3-5-8-14)20-19(18-9-6-12-29-18)21(26)25(22(20)27)15-10-11-17(28-2)16(23)13-15/h3-13H,1-2H3. The normalized spacial score (nSPS) is 14.0. The molecule has 0 atom stereocenters. The van der Waals surface area contributed by atoms with Crippen molar-refractivity contribution in [1.82, 2.24) is 0 Å². The second-order valence-electron chi connectivity index (χ2n) is 6.36. The Labute approximate surface area is 177 Å². The van der Waals surface area contributed by atoms with Crippen molar-refractivity contribution >= 4 is 51.7 Å². The van der Waals surface area contributed by atoms with Gasteiger partial charge in [-0.1, -0.05) is 35.9 Å². The monoisotopic (exact) mass is 424 g/mol. The van der Waals surface area contributed by atoms with E-state index in [4.69, 9.17) is 16.3 Å². The fourth-order valence-corrected chi connectivity index (χ4v) is 4.30. The average Bonchev–Trinajstić information content (AvgIpc) is 3.34. The van der Waals surface area contributed by atoms with Gasteiger partial charge in [0, 0.05) is 17.6 Å². The van der Waals surface area contributed by atoms with Gasteiger partial charge in [-0.2, -0.15) is 0 Å². The molecule has 29 heavy (non-hydrogen) atoms. The first-order chi connectivity index (χ1) is 14.0. The Morgan fingerprint density at radius 1 is 1.00 bits per heavy atom. The Kier molecular flexibility index (Phi) is 5.13. The van der Waals surface area contributed by atoms with Gasteiger partial charge in [-0.05, 0) is 41.8 Å². The average molecular weight is 425 g/mol. The number of rotatable bonds is 5. The minimum Gasteiger partial charge on any atom is -0.495 e. The number of carbonyl (C=O) groups excluding carboxylic acids is 2.